The second-order valence-electron chi connectivity index (χ2n) is 5.44. The summed E-state index contributed by atoms with van der Waals surface area (Å²) in [5.41, 5.74) is -2.86. The van der Waals surface area contributed by atoms with Crippen molar-refractivity contribution in [2.45, 2.75) is 38.3 Å². The van der Waals surface area contributed by atoms with Gasteiger partial charge < -0.3 is 0 Å². The van der Waals surface area contributed by atoms with Crippen molar-refractivity contribution in [3.8, 4) is 0 Å². The number of aromatic nitrogens is 4. The molecule has 0 saturated carbocycles. The topological polar surface area (TPSA) is 43.1 Å². The lowest BCUT2D eigenvalue weighted by Gasteiger charge is -2.18. The molecule has 21 heavy (non-hydrogen) atoms. The van der Waals surface area contributed by atoms with E-state index < -0.39 is 34.9 Å². The molecule has 0 spiro atoms. The molecule has 0 aliphatic rings. The van der Waals surface area contributed by atoms with Gasteiger partial charge in [-0.15, -0.1) is 5.10 Å². The van der Waals surface area contributed by atoms with E-state index in [-0.39, 0.29) is 5.82 Å². The van der Waals surface area contributed by atoms with Crippen LogP contribution in [0.2, 0.25) is 0 Å². The zero-order valence-corrected chi connectivity index (χ0v) is 11.1. The Morgan fingerprint density at radius 2 is 1.57 bits per heavy atom. The van der Waals surface area contributed by atoms with Crippen LogP contribution in [0.4, 0.5) is 26.3 Å². The number of halogens is 6. The predicted octanol–water partition coefficient (Wildman–Crippen LogP) is 3.22. The van der Waals surface area contributed by atoms with Crippen LogP contribution >= 0.6 is 0 Å². The zero-order chi connectivity index (χ0) is 16.2. The van der Waals surface area contributed by atoms with Gasteiger partial charge in [-0.2, -0.15) is 30.9 Å². The Kier molecular flexibility index (Phi) is 3.19. The lowest BCUT2D eigenvalue weighted by molar-refractivity contribution is -0.291. The Labute approximate surface area is 114 Å². The van der Waals surface area contributed by atoms with Crippen LogP contribution in [0.25, 0.3) is 5.65 Å². The monoisotopic (exact) mass is 312 g/mol. The third-order valence-electron chi connectivity index (χ3n) is 2.63. The van der Waals surface area contributed by atoms with E-state index in [0.717, 1.165) is 0 Å². The highest BCUT2D eigenvalue weighted by molar-refractivity contribution is 5.40. The summed E-state index contributed by atoms with van der Waals surface area (Å²) in [4.78, 5) is 6.43. The lowest BCUT2D eigenvalue weighted by Crippen LogP contribution is -2.35. The van der Waals surface area contributed by atoms with E-state index in [1.165, 1.54) is 0 Å². The molecule has 0 unspecified atom stereocenters. The summed E-state index contributed by atoms with van der Waals surface area (Å²) in [5.74, 6) is -5.18. The first-order valence-electron chi connectivity index (χ1n) is 5.73. The van der Waals surface area contributed by atoms with Gasteiger partial charge in [0.1, 0.15) is 5.69 Å². The van der Waals surface area contributed by atoms with Crippen LogP contribution < -0.4 is 0 Å². The van der Waals surface area contributed by atoms with E-state index in [2.05, 4.69) is 15.1 Å². The minimum absolute atomic E-state index is 0.0932. The summed E-state index contributed by atoms with van der Waals surface area (Å²) in [7, 11) is 0. The van der Waals surface area contributed by atoms with E-state index in [1.807, 2.05) is 0 Å². The molecule has 0 fully saturated rings. The maximum Gasteiger partial charge on any atom is 0.459 e. The fourth-order valence-electron chi connectivity index (χ4n) is 1.48. The number of hydrogen-bond donors (Lipinski definition) is 0. The standard InChI is InChI=1S/C11H10F6N4/c1-9(2,3)7-19-6-4-5(10(13,14)11(15,16)17)18-8(12)21(6)20-7/h4H,1-3H3. The third-order valence-corrected chi connectivity index (χ3v) is 2.63. The molecule has 10 heteroatoms. The highest BCUT2D eigenvalue weighted by Crippen LogP contribution is 2.43. The van der Waals surface area contributed by atoms with Crippen molar-refractivity contribution in [1.82, 2.24) is 19.6 Å². The van der Waals surface area contributed by atoms with Crippen molar-refractivity contribution >= 4 is 5.65 Å². The highest BCUT2D eigenvalue weighted by Gasteiger charge is 2.60. The smallest absolute Gasteiger partial charge is 0.211 e. The fourth-order valence-corrected chi connectivity index (χ4v) is 1.48. The van der Waals surface area contributed by atoms with Crippen molar-refractivity contribution in [3.05, 3.63) is 23.7 Å². The van der Waals surface area contributed by atoms with Gasteiger partial charge in [0.25, 0.3) is 0 Å². The van der Waals surface area contributed by atoms with E-state index in [9.17, 15) is 26.3 Å². The van der Waals surface area contributed by atoms with Crippen LogP contribution in [0.3, 0.4) is 0 Å². The second kappa shape index (κ2) is 4.31. The number of fused-ring (bicyclic) bond motifs is 1. The van der Waals surface area contributed by atoms with Gasteiger partial charge in [0, 0.05) is 11.5 Å². The second-order valence-corrected chi connectivity index (χ2v) is 5.44. The Morgan fingerprint density at radius 1 is 1.00 bits per heavy atom. The third kappa shape index (κ3) is 2.54. The van der Waals surface area contributed by atoms with Crippen molar-refractivity contribution in [2.75, 3.05) is 0 Å². The van der Waals surface area contributed by atoms with Gasteiger partial charge in [0.05, 0.1) is 0 Å². The molecule has 0 atom stereocenters. The van der Waals surface area contributed by atoms with Crippen LogP contribution in [-0.4, -0.2) is 25.8 Å². The maximum absolute atomic E-state index is 13.6. The zero-order valence-electron chi connectivity index (χ0n) is 11.1. The van der Waals surface area contributed by atoms with Gasteiger partial charge >= 0.3 is 18.2 Å². The Hall–Kier alpha value is -1.87. The predicted molar refractivity (Wildman–Crippen MR) is 59.4 cm³/mol. The van der Waals surface area contributed by atoms with Crippen molar-refractivity contribution < 1.29 is 26.3 Å². The quantitative estimate of drug-likeness (QED) is 0.600. The molecule has 0 radical (unpaired) electrons. The Balaban J connectivity index is 2.66. The van der Waals surface area contributed by atoms with E-state index in [4.69, 9.17) is 0 Å². The van der Waals surface area contributed by atoms with E-state index >= 15 is 0 Å². The van der Waals surface area contributed by atoms with Crippen LogP contribution in [0, 0.1) is 6.08 Å². The number of rotatable bonds is 1. The Bertz CT molecular complexity index is 682. The normalized spacial score (nSPS) is 14.0. The van der Waals surface area contributed by atoms with Gasteiger partial charge in [0.15, 0.2) is 11.5 Å². The van der Waals surface area contributed by atoms with Gasteiger partial charge in [-0.3, -0.25) is 0 Å². The average Bonchev–Trinajstić information content (AvgIpc) is 2.71. The number of hydrogen-bond acceptors (Lipinski definition) is 3. The van der Waals surface area contributed by atoms with Gasteiger partial charge in [0.2, 0.25) is 0 Å². The SMILES string of the molecule is CC(C)(C)c1nc2cc(C(F)(F)C(F)(F)F)nc(F)n2n1. The molecule has 0 saturated heterocycles. The summed E-state index contributed by atoms with van der Waals surface area (Å²) in [6.07, 6.45) is -7.47. The molecule has 0 bridgehead atoms. The molecule has 0 N–H and O–H groups in total. The van der Waals surface area contributed by atoms with E-state index in [1.54, 1.807) is 20.8 Å². The van der Waals surface area contributed by atoms with E-state index in [0.29, 0.717) is 10.6 Å². The van der Waals surface area contributed by atoms with Crippen molar-refractivity contribution in [2.24, 2.45) is 0 Å². The summed E-state index contributed by atoms with van der Waals surface area (Å²) in [6, 6.07) is 0.374. The van der Waals surface area contributed by atoms with Crippen LogP contribution in [0.5, 0.6) is 0 Å². The summed E-state index contributed by atoms with van der Waals surface area (Å²) >= 11 is 0. The molecular weight excluding hydrogens is 302 g/mol. The molecule has 116 valence electrons. The molecule has 0 aliphatic heterocycles. The number of alkyl halides is 5. The molecule has 4 nitrogen and oxygen atoms in total. The van der Waals surface area contributed by atoms with Gasteiger partial charge in [-0.25, -0.2) is 9.97 Å². The lowest BCUT2D eigenvalue weighted by atomic mass is 9.96. The first-order chi connectivity index (χ1) is 9.34. The molecular formula is C11H10F6N4. The van der Waals surface area contributed by atoms with Crippen molar-refractivity contribution in [3.63, 3.8) is 0 Å². The average molecular weight is 312 g/mol. The molecule has 0 aliphatic carbocycles. The van der Waals surface area contributed by atoms with Gasteiger partial charge in [-0.05, 0) is 0 Å². The summed E-state index contributed by atoms with van der Waals surface area (Å²) in [6.45, 7) is 5.04. The van der Waals surface area contributed by atoms with Crippen molar-refractivity contribution in [1.29, 1.82) is 0 Å². The molecule has 2 heterocycles. The first kappa shape index (κ1) is 15.5. The molecule has 0 amide bonds. The van der Waals surface area contributed by atoms with Gasteiger partial charge in [-0.1, -0.05) is 20.8 Å². The minimum atomic E-state index is -5.88. The molecule has 2 aromatic rings. The van der Waals surface area contributed by atoms with Crippen LogP contribution in [-0.2, 0) is 11.3 Å². The highest BCUT2D eigenvalue weighted by atomic mass is 19.4. The van der Waals surface area contributed by atoms with Crippen LogP contribution in [0.1, 0.15) is 32.3 Å². The molecule has 2 rings (SSSR count). The first-order valence-corrected chi connectivity index (χ1v) is 5.73. The fraction of sp³-hybridized carbons (Fsp3) is 0.545. The maximum atomic E-state index is 13.6. The largest absolute Gasteiger partial charge is 0.459 e. The Morgan fingerprint density at radius 3 is 2.05 bits per heavy atom. The minimum Gasteiger partial charge on any atom is -0.211 e. The molecule has 0 aromatic carbocycles. The number of nitrogens with zero attached hydrogens (tertiary/aromatic N) is 4. The molecule has 2 aromatic heterocycles. The summed E-state index contributed by atoms with van der Waals surface area (Å²) in [5, 5.41) is 3.71. The summed E-state index contributed by atoms with van der Waals surface area (Å²) < 4.78 is 77.4. The van der Waals surface area contributed by atoms with Crippen LogP contribution in [0.15, 0.2) is 6.07 Å².